The lowest BCUT2D eigenvalue weighted by Crippen LogP contribution is -2.41. The van der Waals surface area contributed by atoms with Gasteiger partial charge >= 0.3 is 0 Å². The maximum Gasteiger partial charge on any atom is 0.192 e. The van der Waals surface area contributed by atoms with Crippen LogP contribution in [0.25, 0.3) is 0 Å². The summed E-state index contributed by atoms with van der Waals surface area (Å²) in [6.07, 6.45) is 5.60. The summed E-state index contributed by atoms with van der Waals surface area (Å²) in [6.45, 7) is 7.10. The van der Waals surface area contributed by atoms with Gasteiger partial charge < -0.3 is 4.43 Å². The SMILES string of the molecule is CO[Si](C)(C)C1(C)CCCC1. The first-order valence-corrected chi connectivity index (χ1v) is 7.48. The second-order valence-electron chi connectivity index (χ2n) is 4.48. The fourth-order valence-electron chi connectivity index (χ4n) is 2.00. The van der Waals surface area contributed by atoms with Crippen molar-refractivity contribution in [3.8, 4) is 0 Å². The Kier molecular flexibility index (Phi) is 2.45. The molecule has 0 atom stereocenters. The molecule has 1 rings (SSSR count). The van der Waals surface area contributed by atoms with E-state index in [4.69, 9.17) is 4.43 Å². The third-order valence-electron chi connectivity index (χ3n) is 3.67. The van der Waals surface area contributed by atoms with Crippen molar-refractivity contribution in [1.29, 1.82) is 0 Å². The number of hydrogen-bond donors (Lipinski definition) is 0. The van der Waals surface area contributed by atoms with Crippen molar-refractivity contribution in [2.75, 3.05) is 7.11 Å². The minimum Gasteiger partial charge on any atom is -0.420 e. The van der Waals surface area contributed by atoms with Gasteiger partial charge in [-0.05, 0) is 31.0 Å². The molecule has 0 heterocycles. The Morgan fingerprint density at radius 2 is 1.64 bits per heavy atom. The molecule has 1 aliphatic rings. The molecular formula is C9H20OSi. The molecule has 1 aliphatic carbocycles. The van der Waals surface area contributed by atoms with Crippen molar-refractivity contribution in [3.05, 3.63) is 0 Å². The average Bonchev–Trinajstić information content (AvgIpc) is 2.38. The van der Waals surface area contributed by atoms with Crippen LogP contribution in [0.15, 0.2) is 0 Å². The van der Waals surface area contributed by atoms with Gasteiger partial charge in [0.05, 0.1) is 0 Å². The van der Waals surface area contributed by atoms with Crippen LogP contribution in [0, 0.1) is 0 Å². The predicted octanol–water partition coefficient (Wildman–Crippen LogP) is 3.17. The summed E-state index contributed by atoms with van der Waals surface area (Å²) >= 11 is 0. The summed E-state index contributed by atoms with van der Waals surface area (Å²) in [6, 6.07) is 0. The minimum absolute atomic E-state index is 0.557. The van der Waals surface area contributed by atoms with Crippen LogP contribution < -0.4 is 0 Å². The summed E-state index contributed by atoms with van der Waals surface area (Å²) in [5.41, 5.74) is 0. The van der Waals surface area contributed by atoms with Gasteiger partial charge in [0.2, 0.25) is 0 Å². The Balaban J connectivity index is 2.69. The highest BCUT2D eigenvalue weighted by molar-refractivity contribution is 6.74. The lowest BCUT2D eigenvalue weighted by atomic mass is 10.1. The monoisotopic (exact) mass is 172 g/mol. The molecule has 0 unspecified atom stereocenters. The molecule has 0 aromatic rings. The van der Waals surface area contributed by atoms with Gasteiger partial charge in [0.15, 0.2) is 8.32 Å². The van der Waals surface area contributed by atoms with Crippen LogP contribution >= 0.6 is 0 Å². The quantitative estimate of drug-likeness (QED) is 0.581. The van der Waals surface area contributed by atoms with Crippen LogP contribution in [0.5, 0.6) is 0 Å². The molecule has 0 aliphatic heterocycles. The summed E-state index contributed by atoms with van der Waals surface area (Å²) in [5.74, 6) is 0. The van der Waals surface area contributed by atoms with Crippen LogP contribution in [0.4, 0.5) is 0 Å². The average molecular weight is 172 g/mol. The van der Waals surface area contributed by atoms with E-state index in [9.17, 15) is 0 Å². The van der Waals surface area contributed by atoms with Crippen LogP contribution in [-0.4, -0.2) is 15.4 Å². The first-order chi connectivity index (χ1) is 5.02. The first kappa shape index (κ1) is 9.27. The third-order valence-corrected chi connectivity index (χ3v) is 8.10. The molecule has 0 spiro atoms. The first-order valence-electron chi connectivity index (χ1n) is 4.57. The molecule has 1 saturated carbocycles. The van der Waals surface area contributed by atoms with Crippen molar-refractivity contribution in [2.24, 2.45) is 0 Å². The van der Waals surface area contributed by atoms with Gasteiger partial charge in [-0.1, -0.05) is 19.8 Å². The molecule has 1 fully saturated rings. The molecule has 0 aromatic heterocycles. The Morgan fingerprint density at radius 3 is 2.00 bits per heavy atom. The molecular weight excluding hydrogens is 152 g/mol. The van der Waals surface area contributed by atoms with Gasteiger partial charge in [0.1, 0.15) is 0 Å². The second-order valence-corrected chi connectivity index (χ2v) is 9.12. The van der Waals surface area contributed by atoms with Gasteiger partial charge in [0.25, 0.3) is 0 Å². The third kappa shape index (κ3) is 1.52. The fourth-order valence-corrected chi connectivity index (χ4v) is 4.05. The largest absolute Gasteiger partial charge is 0.420 e. The smallest absolute Gasteiger partial charge is 0.192 e. The molecule has 1 nitrogen and oxygen atoms in total. The van der Waals surface area contributed by atoms with E-state index in [1.807, 2.05) is 7.11 Å². The van der Waals surface area contributed by atoms with E-state index in [1.54, 1.807) is 0 Å². The van der Waals surface area contributed by atoms with Gasteiger partial charge in [-0.25, -0.2) is 0 Å². The maximum absolute atomic E-state index is 5.66. The van der Waals surface area contributed by atoms with E-state index < -0.39 is 8.32 Å². The standard InChI is InChI=1S/C9H20OSi/c1-9(7-5-6-8-9)11(3,4)10-2/h5-8H2,1-4H3. The lowest BCUT2D eigenvalue weighted by Gasteiger charge is -2.37. The van der Waals surface area contributed by atoms with E-state index in [1.165, 1.54) is 25.7 Å². The Bertz CT molecular complexity index is 136. The van der Waals surface area contributed by atoms with Crippen LogP contribution in [0.3, 0.4) is 0 Å². The van der Waals surface area contributed by atoms with Crippen LogP contribution in [0.2, 0.25) is 18.1 Å². The Hall–Kier alpha value is 0.177. The zero-order chi connectivity index (χ0) is 8.54. The summed E-state index contributed by atoms with van der Waals surface area (Å²) in [7, 11) is 0.516. The predicted molar refractivity (Wildman–Crippen MR) is 51.3 cm³/mol. The molecule has 0 saturated heterocycles. The normalized spacial score (nSPS) is 24.0. The molecule has 0 N–H and O–H groups in total. The molecule has 0 aromatic carbocycles. The van der Waals surface area contributed by atoms with E-state index in [0.29, 0.717) is 5.04 Å². The highest BCUT2D eigenvalue weighted by atomic mass is 28.4. The van der Waals surface area contributed by atoms with Gasteiger partial charge in [-0.3, -0.25) is 0 Å². The summed E-state index contributed by atoms with van der Waals surface area (Å²) < 4.78 is 5.66. The maximum atomic E-state index is 5.66. The lowest BCUT2D eigenvalue weighted by molar-refractivity contribution is 0.360. The molecule has 2 heteroatoms. The van der Waals surface area contributed by atoms with Crippen LogP contribution in [-0.2, 0) is 4.43 Å². The van der Waals surface area contributed by atoms with Gasteiger partial charge in [0, 0.05) is 7.11 Å². The molecule has 0 bridgehead atoms. The van der Waals surface area contributed by atoms with Gasteiger partial charge in [-0.15, -0.1) is 0 Å². The fraction of sp³-hybridized carbons (Fsp3) is 1.00. The van der Waals surface area contributed by atoms with Gasteiger partial charge in [-0.2, -0.15) is 0 Å². The Morgan fingerprint density at radius 1 is 1.18 bits per heavy atom. The van der Waals surface area contributed by atoms with E-state index in [0.717, 1.165) is 0 Å². The molecule has 11 heavy (non-hydrogen) atoms. The second kappa shape index (κ2) is 2.90. The Labute approximate surface area is 71.3 Å². The van der Waals surface area contributed by atoms with Crippen molar-refractivity contribution in [2.45, 2.75) is 50.7 Å². The highest BCUT2D eigenvalue weighted by Gasteiger charge is 2.45. The zero-order valence-electron chi connectivity index (χ0n) is 8.24. The molecule has 0 amide bonds. The van der Waals surface area contributed by atoms with Crippen molar-refractivity contribution in [1.82, 2.24) is 0 Å². The van der Waals surface area contributed by atoms with Crippen molar-refractivity contribution >= 4 is 8.32 Å². The summed E-state index contributed by atoms with van der Waals surface area (Å²) in [5, 5.41) is 0.557. The summed E-state index contributed by atoms with van der Waals surface area (Å²) in [4.78, 5) is 0. The number of hydrogen-bond acceptors (Lipinski definition) is 1. The topological polar surface area (TPSA) is 9.23 Å². The van der Waals surface area contributed by atoms with Crippen LogP contribution in [0.1, 0.15) is 32.6 Å². The minimum atomic E-state index is -1.37. The molecule has 66 valence electrons. The molecule has 0 radical (unpaired) electrons. The van der Waals surface area contributed by atoms with E-state index in [-0.39, 0.29) is 0 Å². The van der Waals surface area contributed by atoms with Crippen molar-refractivity contribution < 1.29 is 4.43 Å². The number of rotatable bonds is 2. The zero-order valence-corrected chi connectivity index (χ0v) is 9.24. The van der Waals surface area contributed by atoms with E-state index in [2.05, 4.69) is 20.0 Å². The van der Waals surface area contributed by atoms with E-state index >= 15 is 0 Å². The van der Waals surface area contributed by atoms with Crippen molar-refractivity contribution in [3.63, 3.8) is 0 Å². The highest BCUT2D eigenvalue weighted by Crippen LogP contribution is 2.51.